The van der Waals surface area contributed by atoms with E-state index >= 15 is 0 Å². The predicted octanol–water partition coefficient (Wildman–Crippen LogP) is 10.7. The van der Waals surface area contributed by atoms with Gasteiger partial charge in [-0.3, -0.25) is 0 Å². The van der Waals surface area contributed by atoms with Crippen molar-refractivity contribution in [2.45, 2.75) is 52.4 Å². The molecule has 0 unspecified atom stereocenters. The first kappa shape index (κ1) is 19.3. The molecule has 0 saturated carbocycles. The molecule has 0 fully saturated rings. The Bertz CT molecular complexity index is 1660. The summed E-state index contributed by atoms with van der Waals surface area (Å²) in [4.78, 5) is 9.08. The minimum Gasteiger partial charge on any atom is -0.133 e. The molecule has 6 aromatic rings. The van der Waals surface area contributed by atoms with Gasteiger partial charge >= 0.3 is 0 Å². The summed E-state index contributed by atoms with van der Waals surface area (Å²) in [7, 11) is 0. The Hall–Kier alpha value is -1.02. The van der Waals surface area contributed by atoms with Gasteiger partial charge in [-0.15, -0.1) is 68.0 Å². The minimum absolute atomic E-state index is 0.0765. The predicted molar refractivity (Wildman–Crippen MR) is 151 cm³/mol. The molecule has 0 N–H and O–H groups in total. The fraction of sp³-hybridized carbons (Fsp3) is 0.308. The van der Waals surface area contributed by atoms with E-state index in [0.717, 1.165) is 0 Å². The van der Waals surface area contributed by atoms with Gasteiger partial charge in [0.1, 0.15) is 0 Å². The number of fused-ring (bicyclic) bond motifs is 13. The van der Waals surface area contributed by atoms with E-state index in [0.29, 0.717) is 0 Å². The molecule has 0 bridgehead atoms. The lowest BCUT2D eigenvalue weighted by Crippen LogP contribution is -2.15. The highest BCUT2D eigenvalue weighted by molar-refractivity contribution is 7.43. The van der Waals surface area contributed by atoms with E-state index < -0.39 is 0 Å². The second-order valence-electron chi connectivity index (χ2n) is 10.2. The molecule has 2 aliphatic rings. The first-order valence-electron chi connectivity index (χ1n) is 10.9. The SMILES string of the molecule is Cc1cc2c3c(sc2s1)-c1sc2c4c(sc2c1C3(C)C)-c1sc2sc(C)cc2c1C4(C)C. The zero-order chi connectivity index (χ0) is 21.9. The van der Waals surface area contributed by atoms with Crippen molar-refractivity contribution in [3.05, 3.63) is 44.1 Å². The van der Waals surface area contributed by atoms with Gasteiger partial charge < -0.3 is 0 Å². The molecule has 0 atom stereocenters. The molecular weight excluding hydrogens is 505 g/mol. The summed E-state index contributed by atoms with van der Waals surface area (Å²) in [5.74, 6) is 0. The molecule has 32 heavy (non-hydrogen) atoms. The van der Waals surface area contributed by atoms with Crippen molar-refractivity contribution in [3.63, 3.8) is 0 Å². The van der Waals surface area contributed by atoms with Gasteiger partial charge in [-0.05, 0) is 48.2 Å². The third-order valence-corrected chi connectivity index (χ3v) is 15.0. The third kappa shape index (κ3) is 1.98. The van der Waals surface area contributed by atoms with E-state index in [1.54, 1.807) is 51.2 Å². The molecule has 0 aliphatic heterocycles. The number of hydrogen-bond donors (Lipinski definition) is 0. The van der Waals surface area contributed by atoms with Crippen molar-refractivity contribution in [2.24, 2.45) is 0 Å². The Labute approximate surface area is 210 Å². The highest BCUT2D eigenvalue weighted by atomic mass is 32.2. The lowest BCUT2D eigenvalue weighted by atomic mass is 9.81. The van der Waals surface area contributed by atoms with Gasteiger partial charge in [0, 0.05) is 31.4 Å². The van der Waals surface area contributed by atoms with Crippen LogP contribution in [0.1, 0.15) is 59.7 Å². The van der Waals surface area contributed by atoms with Crippen molar-refractivity contribution >= 4 is 96.2 Å². The average Bonchev–Trinajstić information content (AvgIpc) is 3.45. The summed E-state index contributed by atoms with van der Waals surface area (Å²) in [6.07, 6.45) is 0. The van der Waals surface area contributed by atoms with E-state index in [9.17, 15) is 0 Å². The summed E-state index contributed by atoms with van der Waals surface area (Å²) in [6, 6.07) is 4.85. The molecule has 0 radical (unpaired) electrons. The van der Waals surface area contributed by atoms with Crippen LogP contribution in [0.5, 0.6) is 0 Å². The lowest BCUT2D eigenvalue weighted by molar-refractivity contribution is 0.672. The number of aryl methyl sites for hydroxylation is 2. The Morgan fingerprint density at radius 1 is 0.500 bits per heavy atom. The van der Waals surface area contributed by atoms with Gasteiger partial charge in [-0.1, -0.05) is 27.7 Å². The van der Waals surface area contributed by atoms with E-state index in [1.807, 2.05) is 45.3 Å². The zero-order valence-electron chi connectivity index (χ0n) is 18.6. The van der Waals surface area contributed by atoms with Crippen molar-refractivity contribution in [1.29, 1.82) is 0 Å². The smallest absolute Gasteiger partial charge is 0.0877 e. The maximum absolute atomic E-state index is 2.47. The lowest BCUT2D eigenvalue weighted by Gasteiger charge is -2.21. The van der Waals surface area contributed by atoms with Gasteiger partial charge in [-0.2, -0.15) is 0 Å². The van der Waals surface area contributed by atoms with Crippen LogP contribution in [0, 0.1) is 13.8 Å². The molecule has 0 saturated heterocycles. The van der Waals surface area contributed by atoms with Crippen LogP contribution in [-0.4, -0.2) is 0 Å². The standard InChI is InChI=1S/C26H20S6/c1-9-7-11-13-17(31-23(11)27-9)19-15(25(13,3)4)21-22(29-19)16-20(30-21)18-14(26(16,5)6)12-8-10(2)28-24(12)32-18/h7-8H,1-6H3. The Balaban J connectivity index is 1.45. The van der Waals surface area contributed by atoms with Crippen molar-refractivity contribution < 1.29 is 0 Å². The van der Waals surface area contributed by atoms with Crippen LogP contribution in [0.3, 0.4) is 0 Å². The molecule has 0 amide bonds. The van der Waals surface area contributed by atoms with Crippen LogP contribution >= 0.6 is 68.0 Å². The fourth-order valence-corrected chi connectivity index (χ4v) is 15.5. The van der Waals surface area contributed by atoms with Crippen molar-refractivity contribution in [3.8, 4) is 19.5 Å². The number of rotatable bonds is 0. The molecule has 6 heterocycles. The maximum atomic E-state index is 2.47. The van der Waals surface area contributed by atoms with E-state index in [-0.39, 0.29) is 10.8 Å². The molecule has 2 aliphatic carbocycles. The zero-order valence-corrected chi connectivity index (χ0v) is 23.5. The normalized spacial score (nSPS) is 17.6. The quantitative estimate of drug-likeness (QED) is 0.185. The van der Waals surface area contributed by atoms with Crippen molar-refractivity contribution in [2.75, 3.05) is 0 Å². The van der Waals surface area contributed by atoms with E-state index in [1.165, 1.54) is 28.6 Å². The third-order valence-electron chi connectivity index (χ3n) is 7.46. The highest BCUT2D eigenvalue weighted by Crippen LogP contribution is 2.67. The molecule has 6 heteroatoms. The van der Waals surface area contributed by atoms with Gasteiger partial charge in [-0.25, -0.2) is 0 Å². The van der Waals surface area contributed by atoms with E-state index in [4.69, 9.17) is 0 Å². The van der Waals surface area contributed by atoms with Gasteiger partial charge in [0.15, 0.2) is 0 Å². The molecular formula is C26H20S6. The van der Waals surface area contributed by atoms with Crippen LogP contribution < -0.4 is 0 Å². The summed E-state index contributed by atoms with van der Waals surface area (Å²) in [5.41, 5.74) is 6.54. The molecule has 0 spiro atoms. The van der Waals surface area contributed by atoms with Gasteiger partial charge in [0.25, 0.3) is 0 Å². The van der Waals surface area contributed by atoms with Crippen LogP contribution in [0.25, 0.3) is 47.7 Å². The average molecular weight is 525 g/mol. The Morgan fingerprint density at radius 2 is 0.875 bits per heavy atom. The van der Waals surface area contributed by atoms with Crippen LogP contribution in [0.15, 0.2) is 12.1 Å². The summed E-state index contributed by atoms with van der Waals surface area (Å²) in [6.45, 7) is 14.4. The summed E-state index contributed by atoms with van der Waals surface area (Å²) < 4.78 is 6.14. The Kier molecular flexibility index (Phi) is 3.39. The van der Waals surface area contributed by atoms with Gasteiger partial charge in [0.2, 0.25) is 0 Å². The second kappa shape index (κ2) is 5.61. The number of hydrogen-bond acceptors (Lipinski definition) is 6. The van der Waals surface area contributed by atoms with Crippen LogP contribution in [0.4, 0.5) is 0 Å². The second-order valence-corrected chi connectivity index (χ2v) is 17.4. The molecule has 6 aromatic heterocycles. The van der Waals surface area contributed by atoms with E-state index in [2.05, 4.69) is 76.3 Å². The molecule has 0 aromatic carbocycles. The first-order chi connectivity index (χ1) is 15.2. The molecule has 8 rings (SSSR count). The largest absolute Gasteiger partial charge is 0.133 e. The monoisotopic (exact) mass is 524 g/mol. The minimum atomic E-state index is 0.0765. The van der Waals surface area contributed by atoms with Crippen LogP contribution in [-0.2, 0) is 10.8 Å². The topological polar surface area (TPSA) is 0 Å². The first-order valence-corrected chi connectivity index (χ1v) is 15.8. The molecule has 0 nitrogen and oxygen atoms in total. The van der Waals surface area contributed by atoms with Crippen molar-refractivity contribution in [1.82, 2.24) is 0 Å². The maximum Gasteiger partial charge on any atom is 0.0877 e. The van der Waals surface area contributed by atoms with Gasteiger partial charge in [0.05, 0.1) is 36.9 Å². The summed E-state index contributed by atoms with van der Waals surface area (Å²) >= 11 is 12.2. The number of thiophene rings is 6. The Morgan fingerprint density at radius 3 is 1.28 bits per heavy atom. The highest BCUT2D eigenvalue weighted by Gasteiger charge is 2.47. The fourth-order valence-electron chi connectivity index (χ4n) is 6.22. The summed E-state index contributed by atoms with van der Waals surface area (Å²) in [5, 5.41) is 3.02. The molecule has 160 valence electrons. The van der Waals surface area contributed by atoms with Crippen LogP contribution in [0.2, 0.25) is 0 Å².